The maximum atomic E-state index is 8.64. The zero-order chi connectivity index (χ0) is 11.1. The van der Waals surface area contributed by atoms with Crippen LogP contribution >= 0.6 is 11.6 Å². The van der Waals surface area contributed by atoms with Crippen molar-refractivity contribution in [3.05, 3.63) is 12.2 Å². The van der Waals surface area contributed by atoms with Gasteiger partial charge in [0.25, 0.3) is 0 Å². The third-order valence-corrected chi connectivity index (χ3v) is 2.99. The highest BCUT2D eigenvalue weighted by atomic mass is 35.5. The van der Waals surface area contributed by atoms with E-state index in [0.717, 1.165) is 38.0 Å². The molecule has 1 aliphatic rings. The van der Waals surface area contributed by atoms with Crippen LogP contribution in [0.4, 0.5) is 0 Å². The smallest absolute Gasteiger partial charge is 0.0701 e. The highest BCUT2D eigenvalue weighted by Gasteiger charge is 2.19. The molecule has 0 saturated carbocycles. The van der Waals surface area contributed by atoms with Crippen LogP contribution < -0.4 is 0 Å². The van der Waals surface area contributed by atoms with E-state index < -0.39 is 0 Å². The number of likely N-dealkylation sites (tertiary alicyclic amines) is 1. The van der Waals surface area contributed by atoms with Crippen molar-refractivity contribution in [2.75, 3.05) is 38.7 Å². The van der Waals surface area contributed by atoms with Crippen molar-refractivity contribution in [2.45, 2.75) is 18.9 Å². The Morgan fingerprint density at radius 1 is 1.47 bits per heavy atom. The normalized spacial score (nSPS) is 19.3. The predicted molar refractivity (Wildman–Crippen MR) is 62.4 cm³/mol. The van der Waals surface area contributed by atoms with Crippen molar-refractivity contribution in [1.29, 1.82) is 0 Å². The first kappa shape index (κ1) is 13.0. The molecule has 3 nitrogen and oxygen atoms in total. The van der Waals surface area contributed by atoms with E-state index in [1.54, 1.807) is 0 Å². The van der Waals surface area contributed by atoms with Gasteiger partial charge in [0.05, 0.1) is 19.3 Å². The van der Waals surface area contributed by atoms with Crippen LogP contribution in [0, 0.1) is 0 Å². The SMILES string of the molecule is C=C(CCl)CN1CCC(OCCO)CC1. The van der Waals surface area contributed by atoms with Crippen LogP contribution in [0.25, 0.3) is 0 Å². The molecule has 0 aromatic heterocycles. The Bertz CT molecular complexity index is 191. The van der Waals surface area contributed by atoms with Gasteiger partial charge < -0.3 is 9.84 Å². The van der Waals surface area contributed by atoms with Gasteiger partial charge in [-0.2, -0.15) is 0 Å². The number of rotatable bonds is 6. The number of hydrogen-bond donors (Lipinski definition) is 1. The van der Waals surface area contributed by atoms with Gasteiger partial charge in [-0.1, -0.05) is 6.58 Å². The monoisotopic (exact) mass is 233 g/mol. The molecule has 1 heterocycles. The maximum absolute atomic E-state index is 8.64. The van der Waals surface area contributed by atoms with E-state index in [1.807, 2.05) is 0 Å². The maximum Gasteiger partial charge on any atom is 0.0701 e. The van der Waals surface area contributed by atoms with Gasteiger partial charge in [-0.3, -0.25) is 4.90 Å². The lowest BCUT2D eigenvalue weighted by Gasteiger charge is -2.32. The molecule has 1 aliphatic heterocycles. The van der Waals surface area contributed by atoms with Crippen molar-refractivity contribution >= 4 is 11.6 Å². The zero-order valence-electron chi connectivity index (χ0n) is 9.12. The summed E-state index contributed by atoms with van der Waals surface area (Å²) in [6, 6.07) is 0. The Labute approximate surface area is 96.7 Å². The Hall–Kier alpha value is -0.0900. The van der Waals surface area contributed by atoms with E-state index in [4.69, 9.17) is 21.4 Å². The minimum absolute atomic E-state index is 0.114. The summed E-state index contributed by atoms with van der Waals surface area (Å²) in [6.45, 7) is 7.44. The first-order chi connectivity index (χ1) is 7.26. The van der Waals surface area contributed by atoms with Crippen LogP contribution in [-0.2, 0) is 4.74 Å². The predicted octanol–water partition coefficient (Wildman–Crippen LogP) is 1.25. The largest absolute Gasteiger partial charge is 0.394 e. The second-order valence-electron chi connectivity index (χ2n) is 3.95. The molecular formula is C11H20ClNO2. The van der Waals surface area contributed by atoms with Gasteiger partial charge in [0, 0.05) is 25.5 Å². The molecule has 0 atom stereocenters. The first-order valence-electron chi connectivity index (χ1n) is 5.43. The second kappa shape index (κ2) is 7.23. The summed E-state index contributed by atoms with van der Waals surface area (Å²) in [7, 11) is 0. The number of ether oxygens (including phenoxy) is 1. The average molecular weight is 234 g/mol. The average Bonchev–Trinajstić information content (AvgIpc) is 2.28. The van der Waals surface area contributed by atoms with Crippen LogP contribution in [0.1, 0.15) is 12.8 Å². The lowest BCUT2D eigenvalue weighted by Crippen LogP contribution is -2.38. The van der Waals surface area contributed by atoms with Gasteiger partial charge in [-0.15, -0.1) is 11.6 Å². The number of piperidine rings is 1. The molecule has 0 unspecified atom stereocenters. The molecule has 4 heteroatoms. The third-order valence-electron chi connectivity index (χ3n) is 2.62. The fourth-order valence-corrected chi connectivity index (χ4v) is 1.90. The molecule has 1 N–H and O–H groups in total. The summed E-state index contributed by atoms with van der Waals surface area (Å²) in [6.07, 6.45) is 2.39. The standard InChI is InChI=1S/C11H20ClNO2/c1-10(8-12)9-13-4-2-11(3-5-13)15-7-6-14/h11,14H,1-9H2. The Kier molecular flexibility index (Phi) is 6.25. The van der Waals surface area contributed by atoms with Crippen LogP contribution in [0.5, 0.6) is 0 Å². The summed E-state index contributed by atoms with van der Waals surface area (Å²) in [5.74, 6) is 0.543. The van der Waals surface area contributed by atoms with Gasteiger partial charge in [-0.25, -0.2) is 0 Å². The van der Waals surface area contributed by atoms with E-state index in [0.29, 0.717) is 18.6 Å². The van der Waals surface area contributed by atoms with Crippen LogP contribution in [-0.4, -0.2) is 54.8 Å². The van der Waals surface area contributed by atoms with E-state index in [9.17, 15) is 0 Å². The van der Waals surface area contributed by atoms with Crippen molar-refractivity contribution in [1.82, 2.24) is 4.90 Å². The minimum Gasteiger partial charge on any atom is -0.394 e. The lowest BCUT2D eigenvalue weighted by atomic mass is 10.1. The number of hydrogen-bond acceptors (Lipinski definition) is 3. The van der Waals surface area contributed by atoms with Gasteiger partial charge in [0.1, 0.15) is 0 Å². The van der Waals surface area contributed by atoms with E-state index in [1.165, 1.54) is 0 Å². The highest BCUT2D eigenvalue weighted by Crippen LogP contribution is 2.14. The molecule has 0 aromatic carbocycles. The molecule has 0 bridgehead atoms. The highest BCUT2D eigenvalue weighted by molar-refractivity contribution is 6.19. The molecule has 0 aromatic rings. The quantitative estimate of drug-likeness (QED) is 0.554. The Balaban J connectivity index is 2.15. The fourth-order valence-electron chi connectivity index (χ4n) is 1.81. The molecule has 1 fully saturated rings. The molecule has 88 valence electrons. The van der Waals surface area contributed by atoms with Crippen molar-refractivity contribution in [3.63, 3.8) is 0 Å². The molecule has 0 radical (unpaired) electrons. The van der Waals surface area contributed by atoms with Crippen LogP contribution in [0.15, 0.2) is 12.2 Å². The van der Waals surface area contributed by atoms with Crippen LogP contribution in [0.3, 0.4) is 0 Å². The molecule has 1 saturated heterocycles. The first-order valence-corrected chi connectivity index (χ1v) is 5.97. The zero-order valence-corrected chi connectivity index (χ0v) is 9.88. The van der Waals surface area contributed by atoms with Crippen LogP contribution in [0.2, 0.25) is 0 Å². The number of aliphatic hydroxyl groups excluding tert-OH is 1. The molecule has 1 rings (SSSR count). The lowest BCUT2D eigenvalue weighted by molar-refractivity contribution is -0.00624. The van der Waals surface area contributed by atoms with Gasteiger partial charge >= 0.3 is 0 Å². The van der Waals surface area contributed by atoms with E-state index in [-0.39, 0.29) is 6.61 Å². The summed E-state index contributed by atoms with van der Waals surface area (Å²) < 4.78 is 5.49. The van der Waals surface area contributed by atoms with Crippen molar-refractivity contribution in [2.24, 2.45) is 0 Å². The summed E-state index contributed by atoms with van der Waals surface area (Å²) in [5.41, 5.74) is 1.08. The Morgan fingerprint density at radius 3 is 2.67 bits per heavy atom. The number of alkyl halides is 1. The van der Waals surface area contributed by atoms with E-state index >= 15 is 0 Å². The molecule has 15 heavy (non-hydrogen) atoms. The Morgan fingerprint density at radius 2 is 2.13 bits per heavy atom. The van der Waals surface area contributed by atoms with Crippen molar-refractivity contribution < 1.29 is 9.84 Å². The molecular weight excluding hydrogens is 214 g/mol. The number of aliphatic hydroxyl groups is 1. The fraction of sp³-hybridized carbons (Fsp3) is 0.818. The summed E-state index contributed by atoms with van der Waals surface area (Å²) >= 11 is 5.69. The number of nitrogens with zero attached hydrogens (tertiary/aromatic N) is 1. The van der Waals surface area contributed by atoms with Crippen molar-refractivity contribution in [3.8, 4) is 0 Å². The molecule has 0 aliphatic carbocycles. The molecule has 0 spiro atoms. The van der Waals surface area contributed by atoms with E-state index in [2.05, 4.69) is 11.5 Å². The topological polar surface area (TPSA) is 32.7 Å². The second-order valence-corrected chi connectivity index (χ2v) is 4.22. The molecule has 0 amide bonds. The van der Waals surface area contributed by atoms with Gasteiger partial charge in [-0.05, 0) is 18.4 Å². The number of halogens is 1. The summed E-state index contributed by atoms with van der Waals surface area (Å²) in [5, 5.41) is 8.64. The van der Waals surface area contributed by atoms with Gasteiger partial charge in [0.2, 0.25) is 0 Å². The summed E-state index contributed by atoms with van der Waals surface area (Å²) in [4.78, 5) is 2.35. The van der Waals surface area contributed by atoms with Gasteiger partial charge in [0.15, 0.2) is 0 Å². The minimum atomic E-state index is 0.114. The third kappa shape index (κ3) is 4.98.